The van der Waals surface area contributed by atoms with E-state index in [1.165, 1.54) is 38.6 Å². The third-order valence-corrected chi connectivity index (χ3v) is 4.14. The number of nitrogens with zero attached hydrogens (tertiary/aromatic N) is 3. The summed E-state index contributed by atoms with van der Waals surface area (Å²) in [6.45, 7) is 16.8. The topological polar surface area (TPSA) is 30.9 Å². The van der Waals surface area contributed by atoms with Gasteiger partial charge in [0.2, 0.25) is 0 Å². The van der Waals surface area contributed by atoms with Gasteiger partial charge in [-0.05, 0) is 58.7 Å². The first-order valence-electron chi connectivity index (χ1n) is 9.52. The molecule has 0 atom stereocenters. The molecule has 0 radical (unpaired) electrons. The van der Waals surface area contributed by atoms with Crippen molar-refractivity contribution in [1.29, 1.82) is 0 Å². The molecular formula is C19H40N4. The largest absolute Gasteiger partial charge is 0.357 e. The number of aliphatic imine (C=N–C) groups is 1. The highest BCUT2D eigenvalue weighted by Crippen LogP contribution is 2.02. The first kappa shape index (κ1) is 22.0. The Labute approximate surface area is 145 Å². The van der Waals surface area contributed by atoms with Crippen LogP contribution in [0, 0.1) is 0 Å². The van der Waals surface area contributed by atoms with Crippen molar-refractivity contribution in [3.63, 3.8) is 0 Å². The van der Waals surface area contributed by atoms with Gasteiger partial charge in [-0.25, -0.2) is 0 Å². The molecule has 0 saturated heterocycles. The molecule has 0 aromatic carbocycles. The van der Waals surface area contributed by atoms with Crippen LogP contribution in [0.25, 0.3) is 0 Å². The van der Waals surface area contributed by atoms with Crippen LogP contribution in [0.4, 0.5) is 0 Å². The van der Waals surface area contributed by atoms with Gasteiger partial charge in [-0.3, -0.25) is 4.99 Å². The molecule has 0 aliphatic heterocycles. The third kappa shape index (κ3) is 12.1. The Morgan fingerprint density at radius 3 is 2.30 bits per heavy atom. The summed E-state index contributed by atoms with van der Waals surface area (Å²) in [6, 6.07) is 0. The molecule has 0 saturated carbocycles. The van der Waals surface area contributed by atoms with Crippen LogP contribution in [-0.2, 0) is 0 Å². The number of hydrogen-bond donors (Lipinski definition) is 1. The Bertz CT molecular complexity index is 298. The second-order valence-electron chi connectivity index (χ2n) is 6.03. The lowest BCUT2D eigenvalue weighted by molar-refractivity contribution is 0.297. The van der Waals surface area contributed by atoms with E-state index < -0.39 is 0 Å². The minimum atomic E-state index is 0.921. The predicted molar refractivity (Wildman–Crippen MR) is 104 cm³/mol. The number of allylic oxidation sites excluding steroid dienone is 1. The molecule has 0 fully saturated rings. The molecule has 1 N–H and O–H groups in total. The van der Waals surface area contributed by atoms with Crippen molar-refractivity contribution in [3.8, 4) is 0 Å². The first-order valence-corrected chi connectivity index (χ1v) is 9.52. The van der Waals surface area contributed by atoms with Crippen LogP contribution in [0.15, 0.2) is 17.6 Å². The molecule has 0 unspecified atom stereocenters. The average Bonchev–Trinajstić information content (AvgIpc) is 2.56. The van der Waals surface area contributed by atoms with Gasteiger partial charge >= 0.3 is 0 Å². The molecule has 0 amide bonds. The van der Waals surface area contributed by atoms with Crippen LogP contribution in [0.2, 0.25) is 0 Å². The third-order valence-electron chi connectivity index (χ3n) is 4.14. The van der Waals surface area contributed by atoms with E-state index in [1.54, 1.807) is 0 Å². The Kier molecular flexibility index (Phi) is 15.1. The quantitative estimate of drug-likeness (QED) is 0.228. The maximum absolute atomic E-state index is 4.77. The molecule has 0 spiro atoms. The summed E-state index contributed by atoms with van der Waals surface area (Å²) in [6.07, 6.45) is 9.26. The van der Waals surface area contributed by atoms with Crippen molar-refractivity contribution in [1.82, 2.24) is 15.1 Å². The molecule has 136 valence electrons. The van der Waals surface area contributed by atoms with Gasteiger partial charge < -0.3 is 15.1 Å². The minimum absolute atomic E-state index is 0.921. The standard InChI is InChI=1S/C19H40N4/c1-6-10-11-12-14-17-22(5)19(20-7-2)21-16-13-15-18-23(8-3)9-4/h6H,1,7-18H2,2-5H3,(H,20,21). The summed E-state index contributed by atoms with van der Waals surface area (Å²) in [5, 5.41) is 3.41. The van der Waals surface area contributed by atoms with Gasteiger partial charge in [-0.15, -0.1) is 6.58 Å². The zero-order chi connectivity index (χ0) is 17.3. The maximum atomic E-state index is 4.77. The van der Waals surface area contributed by atoms with E-state index in [0.29, 0.717) is 0 Å². The zero-order valence-corrected chi connectivity index (χ0v) is 16.1. The molecule has 0 heterocycles. The number of unbranched alkanes of at least 4 members (excludes halogenated alkanes) is 4. The van der Waals surface area contributed by atoms with Gasteiger partial charge in [-0.2, -0.15) is 0 Å². The van der Waals surface area contributed by atoms with E-state index >= 15 is 0 Å². The smallest absolute Gasteiger partial charge is 0.193 e. The first-order chi connectivity index (χ1) is 11.2. The van der Waals surface area contributed by atoms with Gasteiger partial charge in [-0.1, -0.05) is 26.3 Å². The fourth-order valence-corrected chi connectivity index (χ4v) is 2.56. The number of hydrogen-bond acceptors (Lipinski definition) is 2. The fourth-order valence-electron chi connectivity index (χ4n) is 2.56. The van der Waals surface area contributed by atoms with E-state index in [9.17, 15) is 0 Å². The molecule has 0 aromatic heterocycles. The normalized spacial score (nSPS) is 11.8. The highest BCUT2D eigenvalue weighted by Gasteiger charge is 2.05. The van der Waals surface area contributed by atoms with Crippen molar-refractivity contribution in [3.05, 3.63) is 12.7 Å². The molecule has 0 rings (SSSR count). The Morgan fingerprint density at radius 2 is 1.70 bits per heavy atom. The highest BCUT2D eigenvalue weighted by molar-refractivity contribution is 5.79. The van der Waals surface area contributed by atoms with Crippen molar-refractivity contribution < 1.29 is 0 Å². The lowest BCUT2D eigenvalue weighted by Gasteiger charge is -2.22. The molecule has 0 aromatic rings. The van der Waals surface area contributed by atoms with E-state index in [4.69, 9.17) is 4.99 Å². The predicted octanol–water partition coefficient (Wildman–Crippen LogP) is 3.75. The number of nitrogens with one attached hydrogen (secondary N) is 1. The monoisotopic (exact) mass is 324 g/mol. The van der Waals surface area contributed by atoms with Gasteiger partial charge in [0.05, 0.1) is 0 Å². The summed E-state index contributed by atoms with van der Waals surface area (Å²) >= 11 is 0. The maximum Gasteiger partial charge on any atom is 0.193 e. The second kappa shape index (κ2) is 15.9. The van der Waals surface area contributed by atoms with Gasteiger partial charge in [0, 0.05) is 26.7 Å². The van der Waals surface area contributed by atoms with Gasteiger partial charge in [0.15, 0.2) is 5.96 Å². The van der Waals surface area contributed by atoms with Crippen LogP contribution in [-0.4, -0.2) is 62.1 Å². The van der Waals surface area contributed by atoms with Gasteiger partial charge in [0.1, 0.15) is 0 Å². The summed E-state index contributed by atoms with van der Waals surface area (Å²) < 4.78 is 0. The molecule has 23 heavy (non-hydrogen) atoms. The fraction of sp³-hybridized carbons (Fsp3) is 0.842. The second-order valence-corrected chi connectivity index (χ2v) is 6.03. The number of guanidine groups is 1. The lowest BCUT2D eigenvalue weighted by atomic mass is 10.2. The molecule has 4 heteroatoms. The van der Waals surface area contributed by atoms with E-state index in [2.05, 4.69) is 49.5 Å². The van der Waals surface area contributed by atoms with Gasteiger partial charge in [0.25, 0.3) is 0 Å². The molecule has 4 nitrogen and oxygen atoms in total. The Morgan fingerprint density at radius 1 is 1.00 bits per heavy atom. The van der Waals surface area contributed by atoms with Crippen LogP contribution >= 0.6 is 0 Å². The van der Waals surface area contributed by atoms with Crippen molar-refractivity contribution >= 4 is 5.96 Å². The highest BCUT2D eigenvalue weighted by atomic mass is 15.3. The Hall–Kier alpha value is -1.03. The van der Waals surface area contributed by atoms with Crippen LogP contribution in [0.5, 0.6) is 0 Å². The van der Waals surface area contributed by atoms with Crippen LogP contribution in [0.3, 0.4) is 0 Å². The lowest BCUT2D eigenvalue weighted by Crippen LogP contribution is -2.39. The van der Waals surface area contributed by atoms with E-state index in [-0.39, 0.29) is 0 Å². The van der Waals surface area contributed by atoms with E-state index in [0.717, 1.165) is 45.1 Å². The van der Waals surface area contributed by atoms with Crippen molar-refractivity contribution in [2.45, 2.75) is 59.3 Å². The number of rotatable bonds is 14. The molecule has 0 aliphatic rings. The molecule has 0 bridgehead atoms. The SMILES string of the molecule is C=CCCCCCN(C)C(=NCCCCN(CC)CC)NCC. The summed E-state index contributed by atoms with van der Waals surface area (Å²) in [4.78, 5) is 9.52. The summed E-state index contributed by atoms with van der Waals surface area (Å²) in [7, 11) is 2.14. The van der Waals surface area contributed by atoms with Crippen LogP contribution < -0.4 is 5.32 Å². The summed E-state index contributed by atoms with van der Waals surface area (Å²) in [5.74, 6) is 1.05. The minimum Gasteiger partial charge on any atom is -0.357 e. The zero-order valence-electron chi connectivity index (χ0n) is 16.1. The average molecular weight is 325 g/mol. The van der Waals surface area contributed by atoms with Crippen molar-refractivity contribution in [2.24, 2.45) is 4.99 Å². The molecular weight excluding hydrogens is 284 g/mol. The molecule has 0 aliphatic carbocycles. The van der Waals surface area contributed by atoms with E-state index in [1.807, 2.05) is 6.08 Å². The van der Waals surface area contributed by atoms with Crippen LogP contribution in [0.1, 0.15) is 59.3 Å². The Balaban J connectivity index is 4.03. The van der Waals surface area contributed by atoms with Crippen molar-refractivity contribution in [2.75, 3.05) is 46.3 Å². The summed E-state index contributed by atoms with van der Waals surface area (Å²) in [5.41, 5.74) is 0.